The number of nitrogens with zero attached hydrogens (tertiary/aromatic N) is 1. The fourth-order valence-corrected chi connectivity index (χ4v) is 4.31. The van der Waals surface area contributed by atoms with E-state index in [2.05, 4.69) is 49.9 Å². The molecule has 0 aliphatic rings. The molecule has 0 atom stereocenters. The molecule has 3 heteroatoms. The summed E-state index contributed by atoms with van der Waals surface area (Å²) < 4.78 is 0. The summed E-state index contributed by atoms with van der Waals surface area (Å²) in [6.07, 6.45) is 8.68. The van der Waals surface area contributed by atoms with Gasteiger partial charge in [-0.05, 0) is 54.9 Å². The second kappa shape index (κ2) is 11.9. The second-order valence-corrected chi connectivity index (χ2v) is 8.16. The third-order valence-corrected chi connectivity index (χ3v) is 6.18. The van der Waals surface area contributed by atoms with Gasteiger partial charge in [-0.3, -0.25) is 0 Å². The summed E-state index contributed by atoms with van der Waals surface area (Å²) in [5.74, 6) is 0.603. The van der Waals surface area contributed by atoms with E-state index in [0.29, 0.717) is 11.5 Å². The molecule has 0 heterocycles. The molecule has 0 amide bonds. The van der Waals surface area contributed by atoms with Gasteiger partial charge < -0.3 is 15.1 Å². The minimum absolute atomic E-state index is 0.155. The van der Waals surface area contributed by atoms with Crippen molar-refractivity contribution in [2.45, 2.75) is 71.1 Å². The highest BCUT2D eigenvalue weighted by atomic mass is 16.3. The van der Waals surface area contributed by atoms with E-state index in [9.17, 15) is 10.2 Å². The molecule has 2 N–H and O–H groups in total. The average Bonchev–Trinajstić information content (AvgIpc) is 2.74. The summed E-state index contributed by atoms with van der Waals surface area (Å²) in [4.78, 5) is 2.48. The van der Waals surface area contributed by atoms with Gasteiger partial charge in [0.25, 0.3) is 0 Å². The summed E-state index contributed by atoms with van der Waals surface area (Å²) in [6.45, 7) is 9.63. The zero-order valence-electron chi connectivity index (χ0n) is 18.5. The predicted octanol–water partition coefficient (Wildman–Crippen LogP) is 6.48. The van der Waals surface area contributed by atoms with Crippen LogP contribution in [0.25, 0.3) is 0 Å². The second-order valence-electron chi connectivity index (χ2n) is 8.16. The van der Waals surface area contributed by atoms with E-state index in [1.165, 1.54) is 49.7 Å². The summed E-state index contributed by atoms with van der Waals surface area (Å²) in [5.41, 5.74) is 2.32. The lowest BCUT2D eigenvalue weighted by Crippen LogP contribution is -2.42. The highest BCUT2D eigenvalue weighted by Gasteiger charge is 2.35. The Hall–Kier alpha value is -2.00. The number of hydrogen-bond acceptors (Lipinski definition) is 3. The van der Waals surface area contributed by atoms with Gasteiger partial charge in [-0.2, -0.15) is 0 Å². The number of likely N-dealkylation sites (N-methyl/N-ethyl adjacent to an activating group) is 1. The number of hydrogen-bond donors (Lipinski definition) is 2. The minimum atomic E-state index is -0.155. The fourth-order valence-electron chi connectivity index (χ4n) is 4.31. The predicted molar refractivity (Wildman–Crippen MR) is 123 cm³/mol. The van der Waals surface area contributed by atoms with Gasteiger partial charge in [0, 0.05) is 12.0 Å². The molecule has 0 spiro atoms. The number of aromatic hydroxyl groups is 2. The number of rotatable bonds is 13. The SMILES string of the molecule is CCCCCCCCC(CN(CC)CC)(c1ccc(O)cc1)c1ccc(O)cc1. The van der Waals surface area contributed by atoms with Crippen molar-refractivity contribution < 1.29 is 10.2 Å². The number of unbranched alkanes of at least 4 members (excludes halogenated alkanes) is 5. The Morgan fingerprint density at radius 2 is 1.10 bits per heavy atom. The Bertz CT molecular complexity index is 644. The number of phenolic OH excluding ortho intramolecular Hbond substituents is 2. The molecule has 0 radical (unpaired) electrons. The Morgan fingerprint density at radius 1 is 0.655 bits per heavy atom. The topological polar surface area (TPSA) is 43.7 Å². The van der Waals surface area contributed by atoms with E-state index < -0.39 is 0 Å². The summed E-state index contributed by atoms with van der Waals surface area (Å²) in [5, 5.41) is 19.7. The van der Waals surface area contributed by atoms with Gasteiger partial charge >= 0.3 is 0 Å². The first-order valence-corrected chi connectivity index (χ1v) is 11.4. The van der Waals surface area contributed by atoms with Crippen molar-refractivity contribution in [2.75, 3.05) is 19.6 Å². The van der Waals surface area contributed by atoms with Crippen LogP contribution in [-0.4, -0.2) is 34.7 Å². The van der Waals surface area contributed by atoms with Gasteiger partial charge in [0.15, 0.2) is 0 Å². The van der Waals surface area contributed by atoms with Crippen molar-refractivity contribution in [1.29, 1.82) is 0 Å². The Balaban J connectivity index is 2.39. The van der Waals surface area contributed by atoms with Crippen LogP contribution in [0.3, 0.4) is 0 Å². The van der Waals surface area contributed by atoms with Crippen molar-refractivity contribution in [2.24, 2.45) is 0 Å². The lowest BCUT2D eigenvalue weighted by atomic mass is 9.70. The third kappa shape index (κ3) is 6.50. The quantitative estimate of drug-likeness (QED) is 0.380. The molecule has 0 bridgehead atoms. The largest absolute Gasteiger partial charge is 0.508 e. The number of phenols is 2. The van der Waals surface area contributed by atoms with Gasteiger partial charge in [-0.15, -0.1) is 0 Å². The van der Waals surface area contributed by atoms with Crippen LogP contribution in [0.2, 0.25) is 0 Å². The zero-order chi connectivity index (χ0) is 21.1. The number of benzene rings is 2. The maximum atomic E-state index is 9.86. The molecule has 0 aliphatic heterocycles. The van der Waals surface area contributed by atoms with E-state index >= 15 is 0 Å². The fraction of sp³-hybridized carbons (Fsp3) is 0.538. The first kappa shape index (κ1) is 23.3. The van der Waals surface area contributed by atoms with Gasteiger partial charge in [0.05, 0.1) is 0 Å². The van der Waals surface area contributed by atoms with Crippen molar-refractivity contribution in [3.05, 3.63) is 59.7 Å². The third-order valence-electron chi connectivity index (χ3n) is 6.18. The maximum Gasteiger partial charge on any atom is 0.115 e. The first-order valence-electron chi connectivity index (χ1n) is 11.4. The van der Waals surface area contributed by atoms with Crippen LogP contribution in [0.15, 0.2) is 48.5 Å². The maximum absolute atomic E-state index is 9.86. The normalized spacial score (nSPS) is 11.9. The molecular weight excluding hydrogens is 358 g/mol. The Labute approximate surface area is 177 Å². The van der Waals surface area contributed by atoms with Gasteiger partial charge in [0.1, 0.15) is 11.5 Å². The van der Waals surface area contributed by atoms with Gasteiger partial charge in [0.2, 0.25) is 0 Å². The molecule has 3 nitrogen and oxygen atoms in total. The van der Waals surface area contributed by atoms with Crippen LogP contribution in [0.1, 0.15) is 76.8 Å². The molecule has 2 rings (SSSR count). The lowest BCUT2D eigenvalue weighted by Gasteiger charge is -2.39. The van der Waals surface area contributed by atoms with Crippen molar-refractivity contribution >= 4 is 0 Å². The zero-order valence-corrected chi connectivity index (χ0v) is 18.5. The van der Waals surface area contributed by atoms with Gasteiger partial charge in [-0.25, -0.2) is 0 Å². The van der Waals surface area contributed by atoms with Crippen LogP contribution < -0.4 is 0 Å². The van der Waals surface area contributed by atoms with E-state index in [1.807, 2.05) is 0 Å². The van der Waals surface area contributed by atoms with Crippen LogP contribution in [0, 0.1) is 0 Å². The van der Waals surface area contributed by atoms with Crippen LogP contribution in [-0.2, 0) is 5.41 Å². The van der Waals surface area contributed by atoms with Crippen molar-refractivity contribution in [1.82, 2.24) is 4.90 Å². The smallest absolute Gasteiger partial charge is 0.115 e. The summed E-state index contributed by atoms with van der Waals surface area (Å²) in [6, 6.07) is 15.5. The van der Waals surface area contributed by atoms with Crippen molar-refractivity contribution in [3.8, 4) is 11.5 Å². The molecule has 2 aromatic carbocycles. The highest BCUT2D eigenvalue weighted by Crippen LogP contribution is 2.39. The molecule has 0 aliphatic carbocycles. The van der Waals surface area contributed by atoms with Crippen molar-refractivity contribution in [3.63, 3.8) is 0 Å². The van der Waals surface area contributed by atoms with E-state index in [-0.39, 0.29) is 5.41 Å². The van der Waals surface area contributed by atoms with Crippen LogP contribution in [0.4, 0.5) is 0 Å². The van der Waals surface area contributed by atoms with Crippen LogP contribution >= 0.6 is 0 Å². The minimum Gasteiger partial charge on any atom is -0.508 e. The van der Waals surface area contributed by atoms with Gasteiger partial charge in [-0.1, -0.05) is 83.6 Å². The monoisotopic (exact) mass is 397 g/mol. The van der Waals surface area contributed by atoms with E-state index in [4.69, 9.17) is 0 Å². The molecule has 0 saturated carbocycles. The Morgan fingerprint density at radius 3 is 1.55 bits per heavy atom. The average molecular weight is 398 g/mol. The first-order chi connectivity index (χ1) is 14.1. The summed E-state index contributed by atoms with van der Waals surface area (Å²) in [7, 11) is 0. The summed E-state index contributed by atoms with van der Waals surface area (Å²) >= 11 is 0. The van der Waals surface area contributed by atoms with E-state index in [0.717, 1.165) is 26.1 Å². The molecule has 2 aromatic rings. The molecule has 0 unspecified atom stereocenters. The van der Waals surface area contributed by atoms with Crippen LogP contribution in [0.5, 0.6) is 11.5 Å². The molecule has 0 aromatic heterocycles. The lowest BCUT2D eigenvalue weighted by molar-refractivity contribution is 0.234. The highest BCUT2D eigenvalue weighted by molar-refractivity contribution is 5.43. The molecule has 160 valence electrons. The molecule has 29 heavy (non-hydrogen) atoms. The standard InChI is InChI=1S/C26H39NO2/c1-4-7-8-9-10-11-20-26(21-27(5-2)6-3,22-12-16-24(28)17-13-22)23-14-18-25(29)19-15-23/h12-19,28-29H,4-11,20-21H2,1-3H3. The van der Waals surface area contributed by atoms with E-state index in [1.54, 1.807) is 24.3 Å². The Kier molecular flexibility index (Phi) is 9.53. The molecule has 0 fully saturated rings. The molecular formula is C26H39NO2. The molecule has 0 saturated heterocycles.